The Morgan fingerprint density at radius 1 is 1.00 bits per heavy atom. The van der Waals surface area contributed by atoms with Gasteiger partial charge in [0.25, 0.3) is 0 Å². The predicted molar refractivity (Wildman–Crippen MR) is 80.8 cm³/mol. The van der Waals surface area contributed by atoms with Gasteiger partial charge in [0.15, 0.2) is 0 Å². The normalized spacial score (nSPS) is 11.2. The van der Waals surface area contributed by atoms with Crippen molar-refractivity contribution in [3.63, 3.8) is 0 Å². The number of unbranched alkanes of at least 4 members (excludes halogenated alkanes) is 3. The Balaban J connectivity index is 3.64. The number of ether oxygens (including phenoxy) is 1. The standard InChI is InChI=1S/C16H28O5/c1-2-3-4-5-6-7-8-9-14(19)10-11-16(20)21-15(12-17)13-18/h6-7,15,17-18H,2-5,8-13H2,1H3/b7-6-. The van der Waals surface area contributed by atoms with Gasteiger partial charge < -0.3 is 14.9 Å². The van der Waals surface area contributed by atoms with Gasteiger partial charge in [-0.1, -0.05) is 31.9 Å². The van der Waals surface area contributed by atoms with E-state index in [0.717, 1.165) is 6.42 Å². The Morgan fingerprint density at radius 3 is 2.29 bits per heavy atom. The van der Waals surface area contributed by atoms with E-state index in [2.05, 4.69) is 13.0 Å². The lowest BCUT2D eigenvalue weighted by molar-refractivity contribution is -0.154. The maximum atomic E-state index is 11.6. The number of hydrogen-bond acceptors (Lipinski definition) is 5. The largest absolute Gasteiger partial charge is 0.457 e. The lowest BCUT2D eigenvalue weighted by Gasteiger charge is -2.12. The molecule has 0 fully saturated rings. The van der Waals surface area contributed by atoms with Crippen LogP contribution in [0, 0.1) is 0 Å². The monoisotopic (exact) mass is 300 g/mol. The first-order valence-electron chi connectivity index (χ1n) is 7.71. The molecule has 0 aromatic carbocycles. The van der Waals surface area contributed by atoms with Crippen LogP contribution >= 0.6 is 0 Å². The van der Waals surface area contributed by atoms with Gasteiger partial charge in [-0.3, -0.25) is 9.59 Å². The van der Waals surface area contributed by atoms with Crippen molar-refractivity contribution < 1.29 is 24.5 Å². The average molecular weight is 300 g/mol. The molecule has 0 rings (SSSR count). The highest BCUT2D eigenvalue weighted by Gasteiger charge is 2.13. The molecule has 0 aromatic heterocycles. The second-order valence-electron chi connectivity index (χ2n) is 5.02. The molecule has 0 saturated heterocycles. The average Bonchev–Trinajstić information content (AvgIpc) is 2.49. The summed E-state index contributed by atoms with van der Waals surface area (Å²) in [5.41, 5.74) is 0. The second-order valence-corrected chi connectivity index (χ2v) is 5.02. The van der Waals surface area contributed by atoms with Gasteiger partial charge in [0.2, 0.25) is 0 Å². The molecule has 5 nitrogen and oxygen atoms in total. The number of carbonyl (C=O) groups is 2. The summed E-state index contributed by atoms with van der Waals surface area (Å²) in [6.45, 7) is 1.33. The third kappa shape index (κ3) is 12.3. The SMILES string of the molecule is CCCCC/C=C\CCC(=O)CCC(=O)OC(CO)CO. The van der Waals surface area contributed by atoms with E-state index < -0.39 is 25.3 Å². The summed E-state index contributed by atoms with van der Waals surface area (Å²) in [6.07, 6.45) is 9.17. The van der Waals surface area contributed by atoms with Crippen LogP contribution in [0.4, 0.5) is 0 Å². The molecule has 0 spiro atoms. The highest BCUT2D eigenvalue weighted by molar-refractivity contribution is 5.83. The van der Waals surface area contributed by atoms with Crippen molar-refractivity contribution in [3.8, 4) is 0 Å². The summed E-state index contributed by atoms with van der Waals surface area (Å²) in [5.74, 6) is -0.540. The van der Waals surface area contributed by atoms with E-state index in [1.54, 1.807) is 0 Å². The van der Waals surface area contributed by atoms with Gasteiger partial charge in [-0.25, -0.2) is 0 Å². The van der Waals surface area contributed by atoms with Crippen molar-refractivity contribution in [2.24, 2.45) is 0 Å². The number of hydrogen-bond donors (Lipinski definition) is 2. The van der Waals surface area contributed by atoms with Crippen LogP contribution in [-0.4, -0.2) is 41.3 Å². The molecule has 0 unspecified atom stereocenters. The number of ketones is 1. The number of carbonyl (C=O) groups excluding carboxylic acids is 2. The van der Waals surface area contributed by atoms with Gasteiger partial charge in [-0.15, -0.1) is 0 Å². The minimum absolute atomic E-state index is 0.00442. The molecule has 21 heavy (non-hydrogen) atoms. The Hall–Kier alpha value is -1.20. The molecule has 0 heterocycles. The maximum Gasteiger partial charge on any atom is 0.306 e. The Bertz CT molecular complexity index is 308. The zero-order chi connectivity index (χ0) is 15.9. The number of rotatable bonds is 13. The van der Waals surface area contributed by atoms with E-state index in [1.807, 2.05) is 6.08 Å². The van der Waals surface area contributed by atoms with E-state index in [-0.39, 0.29) is 18.6 Å². The summed E-state index contributed by atoms with van der Waals surface area (Å²) < 4.78 is 4.77. The molecule has 0 aliphatic heterocycles. The zero-order valence-electron chi connectivity index (χ0n) is 12.9. The Kier molecular flexibility index (Phi) is 13.0. The topological polar surface area (TPSA) is 83.8 Å². The van der Waals surface area contributed by atoms with Gasteiger partial charge in [0.1, 0.15) is 11.9 Å². The molecule has 0 atom stereocenters. The van der Waals surface area contributed by atoms with Gasteiger partial charge in [0.05, 0.1) is 19.6 Å². The number of Topliss-reactive ketones (excluding diaryl/α,β-unsaturated/α-hetero) is 1. The molecule has 0 aromatic rings. The lowest BCUT2D eigenvalue weighted by Crippen LogP contribution is -2.25. The molecule has 5 heteroatoms. The van der Waals surface area contributed by atoms with Crippen molar-refractivity contribution >= 4 is 11.8 Å². The first-order valence-corrected chi connectivity index (χ1v) is 7.71. The third-order valence-electron chi connectivity index (χ3n) is 3.04. The van der Waals surface area contributed by atoms with Crippen LogP contribution in [0.2, 0.25) is 0 Å². The summed E-state index contributed by atoms with van der Waals surface area (Å²) in [6, 6.07) is 0. The maximum absolute atomic E-state index is 11.6. The fraction of sp³-hybridized carbons (Fsp3) is 0.750. The lowest BCUT2D eigenvalue weighted by atomic mass is 10.1. The third-order valence-corrected chi connectivity index (χ3v) is 3.04. The van der Waals surface area contributed by atoms with E-state index >= 15 is 0 Å². The number of allylic oxidation sites excluding steroid dienone is 2. The molecular formula is C16H28O5. The highest BCUT2D eigenvalue weighted by Crippen LogP contribution is 2.05. The second kappa shape index (κ2) is 13.8. The molecule has 0 saturated carbocycles. The van der Waals surface area contributed by atoms with Crippen molar-refractivity contribution in [1.29, 1.82) is 0 Å². The minimum atomic E-state index is -0.890. The molecule has 0 bridgehead atoms. The highest BCUT2D eigenvalue weighted by atomic mass is 16.6. The van der Waals surface area contributed by atoms with E-state index in [4.69, 9.17) is 14.9 Å². The van der Waals surface area contributed by atoms with Crippen molar-refractivity contribution in [3.05, 3.63) is 12.2 Å². The van der Waals surface area contributed by atoms with E-state index in [0.29, 0.717) is 12.8 Å². The van der Waals surface area contributed by atoms with Crippen LogP contribution in [0.25, 0.3) is 0 Å². The van der Waals surface area contributed by atoms with Gasteiger partial charge in [0, 0.05) is 12.8 Å². The summed E-state index contributed by atoms with van der Waals surface area (Å²) in [4.78, 5) is 22.9. The van der Waals surface area contributed by atoms with Crippen LogP contribution in [0.1, 0.15) is 58.3 Å². The fourth-order valence-corrected chi connectivity index (χ4v) is 1.74. The molecule has 0 amide bonds. The quantitative estimate of drug-likeness (QED) is 0.309. The van der Waals surface area contributed by atoms with Gasteiger partial charge in [-0.2, -0.15) is 0 Å². The smallest absolute Gasteiger partial charge is 0.306 e. The molecule has 2 N–H and O–H groups in total. The van der Waals surface area contributed by atoms with Crippen LogP contribution in [0.15, 0.2) is 12.2 Å². The minimum Gasteiger partial charge on any atom is -0.457 e. The Labute approximate surface area is 127 Å². The van der Waals surface area contributed by atoms with Crippen molar-refractivity contribution in [2.45, 2.75) is 64.4 Å². The van der Waals surface area contributed by atoms with Crippen molar-refractivity contribution in [2.75, 3.05) is 13.2 Å². The summed E-state index contributed by atoms with van der Waals surface area (Å²) in [7, 11) is 0. The van der Waals surface area contributed by atoms with E-state index in [9.17, 15) is 9.59 Å². The van der Waals surface area contributed by atoms with Crippen LogP contribution < -0.4 is 0 Å². The summed E-state index contributed by atoms with van der Waals surface area (Å²) >= 11 is 0. The molecule has 122 valence electrons. The Morgan fingerprint density at radius 2 is 1.67 bits per heavy atom. The van der Waals surface area contributed by atoms with Crippen LogP contribution in [0.3, 0.4) is 0 Å². The van der Waals surface area contributed by atoms with Gasteiger partial charge >= 0.3 is 5.97 Å². The molecular weight excluding hydrogens is 272 g/mol. The zero-order valence-corrected chi connectivity index (χ0v) is 12.9. The van der Waals surface area contributed by atoms with Gasteiger partial charge in [-0.05, 0) is 19.3 Å². The molecule has 0 aliphatic carbocycles. The van der Waals surface area contributed by atoms with Crippen molar-refractivity contribution in [1.82, 2.24) is 0 Å². The molecule has 0 radical (unpaired) electrons. The number of aliphatic hydroxyl groups excluding tert-OH is 2. The summed E-state index contributed by atoms with van der Waals surface area (Å²) in [5, 5.41) is 17.5. The van der Waals surface area contributed by atoms with Crippen LogP contribution in [-0.2, 0) is 14.3 Å². The first-order chi connectivity index (χ1) is 10.1. The van der Waals surface area contributed by atoms with E-state index in [1.165, 1.54) is 19.3 Å². The number of aliphatic hydroxyl groups is 2. The number of esters is 1. The fourth-order valence-electron chi connectivity index (χ4n) is 1.74. The van der Waals surface area contributed by atoms with Crippen LogP contribution in [0.5, 0.6) is 0 Å². The first kappa shape index (κ1) is 19.8. The predicted octanol–water partition coefficient (Wildman–Crippen LogP) is 2.15. The molecule has 0 aliphatic rings.